The summed E-state index contributed by atoms with van der Waals surface area (Å²) in [5.41, 5.74) is 6.42. The molecule has 2 aromatic rings. The van der Waals surface area contributed by atoms with Crippen molar-refractivity contribution >= 4 is 34.8 Å². The van der Waals surface area contributed by atoms with Gasteiger partial charge in [0.1, 0.15) is 5.82 Å². The Kier molecular flexibility index (Phi) is 3.31. The lowest BCUT2D eigenvalue weighted by atomic mass is 10.0. The van der Waals surface area contributed by atoms with Crippen LogP contribution in [0.1, 0.15) is 15.9 Å². The first-order valence-corrected chi connectivity index (χ1v) is 5.55. The Labute approximate surface area is 108 Å². The van der Waals surface area contributed by atoms with Crippen LogP contribution in [-0.4, -0.2) is 10.8 Å². The largest absolute Gasteiger partial charge is 0.383 e. The van der Waals surface area contributed by atoms with E-state index in [9.17, 15) is 4.79 Å². The standard InChI is InChI=1S/C12H8Cl2N2O/c13-9-4-3-7(6-10(9)14)11(17)8-2-1-5-16-12(8)15/h1-6H,(H2,15,16). The third-order valence-electron chi connectivity index (χ3n) is 2.26. The van der Waals surface area contributed by atoms with E-state index >= 15 is 0 Å². The molecule has 2 rings (SSSR count). The monoisotopic (exact) mass is 266 g/mol. The van der Waals surface area contributed by atoms with Crippen LogP contribution in [0, 0.1) is 0 Å². The van der Waals surface area contributed by atoms with E-state index in [1.54, 1.807) is 24.3 Å². The number of ketones is 1. The minimum atomic E-state index is -0.228. The highest BCUT2D eigenvalue weighted by Crippen LogP contribution is 2.24. The molecule has 0 fully saturated rings. The minimum Gasteiger partial charge on any atom is -0.383 e. The summed E-state index contributed by atoms with van der Waals surface area (Å²) in [6.07, 6.45) is 1.53. The van der Waals surface area contributed by atoms with Crippen molar-refractivity contribution in [2.75, 3.05) is 5.73 Å². The maximum atomic E-state index is 12.1. The van der Waals surface area contributed by atoms with E-state index in [2.05, 4.69) is 4.98 Å². The van der Waals surface area contributed by atoms with E-state index in [1.807, 2.05) is 0 Å². The SMILES string of the molecule is Nc1ncccc1C(=O)c1ccc(Cl)c(Cl)c1. The lowest BCUT2D eigenvalue weighted by Crippen LogP contribution is -2.06. The van der Waals surface area contributed by atoms with Gasteiger partial charge in [-0.05, 0) is 30.3 Å². The first-order valence-electron chi connectivity index (χ1n) is 4.80. The van der Waals surface area contributed by atoms with E-state index in [-0.39, 0.29) is 11.6 Å². The molecule has 17 heavy (non-hydrogen) atoms. The molecule has 1 aromatic carbocycles. The number of nitrogens with two attached hydrogens (primary N) is 1. The molecule has 5 heteroatoms. The lowest BCUT2D eigenvalue weighted by Gasteiger charge is -2.04. The van der Waals surface area contributed by atoms with E-state index in [0.717, 1.165) is 0 Å². The molecule has 0 saturated heterocycles. The summed E-state index contributed by atoms with van der Waals surface area (Å²) in [7, 11) is 0. The van der Waals surface area contributed by atoms with Crippen LogP contribution in [0.2, 0.25) is 10.0 Å². The average Bonchev–Trinajstić information content (AvgIpc) is 2.32. The van der Waals surface area contributed by atoms with E-state index in [1.165, 1.54) is 12.3 Å². The van der Waals surface area contributed by atoms with Crippen LogP contribution >= 0.6 is 23.2 Å². The lowest BCUT2D eigenvalue weighted by molar-refractivity contribution is 0.103. The van der Waals surface area contributed by atoms with Gasteiger partial charge in [0.25, 0.3) is 0 Å². The zero-order valence-electron chi connectivity index (χ0n) is 8.65. The van der Waals surface area contributed by atoms with E-state index < -0.39 is 0 Å². The van der Waals surface area contributed by atoms with Crippen molar-refractivity contribution < 1.29 is 4.79 Å². The molecule has 0 radical (unpaired) electrons. The Hall–Kier alpha value is -1.58. The third kappa shape index (κ3) is 2.40. The third-order valence-corrected chi connectivity index (χ3v) is 3.00. The van der Waals surface area contributed by atoms with Gasteiger partial charge in [0, 0.05) is 11.8 Å². The second-order valence-electron chi connectivity index (χ2n) is 3.39. The van der Waals surface area contributed by atoms with Crippen LogP contribution in [0.3, 0.4) is 0 Å². The molecule has 0 spiro atoms. The van der Waals surface area contributed by atoms with Gasteiger partial charge in [-0.3, -0.25) is 4.79 Å². The molecule has 0 aliphatic carbocycles. The van der Waals surface area contributed by atoms with Gasteiger partial charge in [0.2, 0.25) is 0 Å². The Balaban J connectivity index is 2.44. The highest BCUT2D eigenvalue weighted by atomic mass is 35.5. The predicted octanol–water partition coefficient (Wildman–Crippen LogP) is 3.20. The number of nitrogens with zero attached hydrogens (tertiary/aromatic N) is 1. The van der Waals surface area contributed by atoms with Gasteiger partial charge in [-0.2, -0.15) is 0 Å². The molecule has 0 aliphatic rings. The fourth-order valence-electron chi connectivity index (χ4n) is 1.40. The van der Waals surface area contributed by atoms with Crippen LogP contribution in [0.25, 0.3) is 0 Å². The van der Waals surface area contributed by atoms with Gasteiger partial charge in [-0.1, -0.05) is 23.2 Å². The quantitative estimate of drug-likeness (QED) is 0.850. The molecular formula is C12H8Cl2N2O. The number of hydrogen-bond acceptors (Lipinski definition) is 3. The number of nitrogen functional groups attached to an aromatic ring is 1. The van der Waals surface area contributed by atoms with Gasteiger partial charge in [-0.25, -0.2) is 4.98 Å². The fourth-order valence-corrected chi connectivity index (χ4v) is 1.70. The zero-order chi connectivity index (χ0) is 12.4. The number of carbonyl (C=O) groups is 1. The summed E-state index contributed by atoms with van der Waals surface area (Å²) in [6.45, 7) is 0. The van der Waals surface area contributed by atoms with Crippen LogP contribution in [-0.2, 0) is 0 Å². The van der Waals surface area contributed by atoms with Gasteiger partial charge >= 0.3 is 0 Å². The van der Waals surface area contributed by atoms with Crippen molar-refractivity contribution in [3.63, 3.8) is 0 Å². The number of rotatable bonds is 2. The molecule has 0 bridgehead atoms. The van der Waals surface area contributed by atoms with E-state index in [4.69, 9.17) is 28.9 Å². The van der Waals surface area contributed by atoms with Crippen LogP contribution in [0.4, 0.5) is 5.82 Å². The van der Waals surface area contributed by atoms with Crippen LogP contribution in [0.5, 0.6) is 0 Å². The van der Waals surface area contributed by atoms with Crippen LogP contribution < -0.4 is 5.73 Å². The number of halogens is 2. The van der Waals surface area contributed by atoms with Crippen molar-refractivity contribution in [1.29, 1.82) is 0 Å². The highest BCUT2D eigenvalue weighted by Gasteiger charge is 2.13. The summed E-state index contributed by atoms with van der Waals surface area (Å²) in [6, 6.07) is 7.96. The van der Waals surface area contributed by atoms with Crippen molar-refractivity contribution in [2.45, 2.75) is 0 Å². The molecule has 0 atom stereocenters. The molecule has 0 aliphatic heterocycles. The number of anilines is 1. The molecule has 86 valence electrons. The Morgan fingerprint density at radius 3 is 2.59 bits per heavy atom. The van der Waals surface area contributed by atoms with Gasteiger partial charge in [-0.15, -0.1) is 0 Å². The summed E-state index contributed by atoms with van der Waals surface area (Å²) in [5, 5.41) is 0.738. The van der Waals surface area contributed by atoms with Crippen molar-refractivity contribution in [3.8, 4) is 0 Å². The Bertz CT molecular complexity index is 584. The number of hydrogen-bond donors (Lipinski definition) is 1. The Morgan fingerprint density at radius 2 is 1.94 bits per heavy atom. The second kappa shape index (κ2) is 4.73. The molecule has 1 heterocycles. The number of aromatic nitrogens is 1. The maximum Gasteiger partial charge on any atom is 0.196 e. The molecule has 3 nitrogen and oxygen atoms in total. The molecule has 1 aromatic heterocycles. The second-order valence-corrected chi connectivity index (χ2v) is 4.21. The molecular weight excluding hydrogens is 259 g/mol. The maximum absolute atomic E-state index is 12.1. The van der Waals surface area contributed by atoms with E-state index in [0.29, 0.717) is 21.2 Å². The van der Waals surface area contributed by atoms with Crippen molar-refractivity contribution in [1.82, 2.24) is 4.98 Å². The summed E-state index contributed by atoms with van der Waals surface area (Å²) in [5.74, 6) is -0.0299. The topological polar surface area (TPSA) is 56.0 Å². The first-order chi connectivity index (χ1) is 8.09. The molecule has 2 N–H and O–H groups in total. The number of benzene rings is 1. The van der Waals surface area contributed by atoms with Crippen molar-refractivity contribution in [2.24, 2.45) is 0 Å². The van der Waals surface area contributed by atoms with Crippen LogP contribution in [0.15, 0.2) is 36.5 Å². The molecule has 0 saturated carbocycles. The number of carbonyl (C=O) groups excluding carboxylic acids is 1. The minimum absolute atomic E-state index is 0.198. The fraction of sp³-hybridized carbons (Fsp3) is 0. The summed E-state index contributed by atoms with van der Waals surface area (Å²) in [4.78, 5) is 16.0. The highest BCUT2D eigenvalue weighted by molar-refractivity contribution is 6.42. The van der Waals surface area contributed by atoms with Gasteiger partial charge in [0.05, 0.1) is 15.6 Å². The molecule has 0 unspecified atom stereocenters. The zero-order valence-corrected chi connectivity index (χ0v) is 10.2. The van der Waals surface area contributed by atoms with Crippen molar-refractivity contribution in [3.05, 3.63) is 57.7 Å². The molecule has 0 amide bonds. The predicted molar refractivity (Wildman–Crippen MR) is 68.5 cm³/mol. The smallest absolute Gasteiger partial charge is 0.196 e. The summed E-state index contributed by atoms with van der Waals surface area (Å²) >= 11 is 11.6. The van der Waals surface area contributed by atoms with Gasteiger partial charge < -0.3 is 5.73 Å². The Morgan fingerprint density at radius 1 is 1.18 bits per heavy atom. The van der Waals surface area contributed by atoms with Gasteiger partial charge in [0.15, 0.2) is 5.78 Å². The normalized spacial score (nSPS) is 10.2. The first kappa shape index (κ1) is 11.9. The summed E-state index contributed by atoms with van der Waals surface area (Å²) < 4.78 is 0. The average molecular weight is 267 g/mol. The number of pyridine rings is 1.